The molecule has 2 N–H and O–H groups in total. The third-order valence-corrected chi connectivity index (χ3v) is 5.82. The van der Waals surface area contributed by atoms with Crippen LogP contribution in [-0.4, -0.2) is 35.1 Å². The second-order valence-electron chi connectivity index (χ2n) is 7.73. The number of piperidine rings is 2. The molecule has 2 amide bonds. The highest BCUT2D eigenvalue weighted by Crippen LogP contribution is 2.42. The van der Waals surface area contributed by atoms with E-state index in [4.69, 9.17) is 0 Å². The second-order valence-corrected chi connectivity index (χ2v) is 7.73. The molecule has 142 valence electrons. The van der Waals surface area contributed by atoms with Gasteiger partial charge in [0.1, 0.15) is 0 Å². The van der Waals surface area contributed by atoms with Crippen LogP contribution in [0.3, 0.4) is 0 Å². The fourth-order valence-electron chi connectivity index (χ4n) is 4.69. The number of rotatable bonds is 3. The van der Waals surface area contributed by atoms with E-state index in [9.17, 15) is 18.0 Å². The normalized spacial score (nSPS) is 29.3. The van der Waals surface area contributed by atoms with E-state index < -0.39 is 17.8 Å². The van der Waals surface area contributed by atoms with Gasteiger partial charge in [-0.2, -0.15) is 13.2 Å². The number of halogens is 3. The molecular formula is C19H24F3N3O. The van der Waals surface area contributed by atoms with Gasteiger partial charge >= 0.3 is 12.2 Å². The number of urea groups is 1. The van der Waals surface area contributed by atoms with E-state index >= 15 is 0 Å². The molecule has 0 spiro atoms. The number of benzene rings is 1. The Morgan fingerprint density at radius 2 is 1.65 bits per heavy atom. The number of carbonyl (C=O) groups is 1. The summed E-state index contributed by atoms with van der Waals surface area (Å²) in [5.41, 5.74) is -1.02. The van der Waals surface area contributed by atoms with Gasteiger partial charge in [-0.3, -0.25) is 4.90 Å². The van der Waals surface area contributed by atoms with Crippen LogP contribution >= 0.6 is 0 Å². The number of carbonyl (C=O) groups excluding carboxylic acids is 1. The van der Waals surface area contributed by atoms with Crippen molar-refractivity contribution in [3.8, 4) is 0 Å². The molecule has 1 saturated carbocycles. The van der Waals surface area contributed by atoms with Crippen LogP contribution in [0.5, 0.6) is 0 Å². The van der Waals surface area contributed by atoms with E-state index in [2.05, 4.69) is 15.5 Å². The molecular weight excluding hydrogens is 343 g/mol. The SMILES string of the molecule is O=C(Nc1ccccc1C(F)(F)F)NC1CC2CCCC(C1)N2C1CC1. The molecule has 1 aliphatic carbocycles. The van der Waals surface area contributed by atoms with Crippen molar-refractivity contribution >= 4 is 11.7 Å². The molecule has 7 heteroatoms. The Morgan fingerprint density at radius 1 is 1.00 bits per heavy atom. The number of nitrogens with zero attached hydrogens (tertiary/aromatic N) is 1. The Balaban J connectivity index is 1.39. The standard InChI is InChI=1S/C19H24F3N3O/c20-19(21,22)16-6-1-2-7-17(16)24-18(26)23-12-10-14-4-3-5-15(11-12)25(14)13-8-9-13/h1-2,6-7,12-15H,3-5,8-11H2,(H2,23,24,26). The maximum Gasteiger partial charge on any atom is 0.418 e. The number of fused-ring (bicyclic) bond motifs is 2. The summed E-state index contributed by atoms with van der Waals surface area (Å²) in [4.78, 5) is 15.0. The summed E-state index contributed by atoms with van der Waals surface area (Å²) in [7, 11) is 0. The van der Waals surface area contributed by atoms with Crippen molar-refractivity contribution in [3.63, 3.8) is 0 Å². The van der Waals surface area contributed by atoms with Crippen LogP contribution in [0, 0.1) is 0 Å². The number of anilines is 1. The van der Waals surface area contributed by atoms with Gasteiger partial charge in [-0.25, -0.2) is 4.79 Å². The van der Waals surface area contributed by atoms with Crippen LogP contribution in [0.2, 0.25) is 0 Å². The van der Waals surface area contributed by atoms with E-state index in [1.807, 2.05) is 0 Å². The quantitative estimate of drug-likeness (QED) is 0.833. The fourth-order valence-corrected chi connectivity index (χ4v) is 4.69. The van der Waals surface area contributed by atoms with E-state index in [0.29, 0.717) is 12.1 Å². The molecule has 1 aromatic carbocycles. The largest absolute Gasteiger partial charge is 0.418 e. The highest BCUT2D eigenvalue weighted by molar-refractivity contribution is 5.90. The van der Waals surface area contributed by atoms with Gasteiger partial charge in [0.05, 0.1) is 11.3 Å². The summed E-state index contributed by atoms with van der Waals surface area (Å²) >= 11 is 0. The molecule has 2 atom stereocenters. The molecule has 1 aromatic rings. The fraction of sp³-hybridized carbons (Fsp3) is 0.632. The van der Waals surface area contributed by atoms with Crippen LogP contribution in [0.4, 0.5) is 23.7 Å². The van der Waals surface area contributed by atoms with Gasteiger partial charge in [0.2, 0.25) is 0 Å². The molecule has 2 heterocycles. The second kappa shape index (κ2) is 6.76. The van der Waals surface area contributed by atoms with Crippen LogP contribution in [0.1, 0.15) is 50.5 Å². The molecule has 2 unspecified atom stereocenters. The molecule has 2 saturated heterocycles. The zero-order valence-electron chi connectivity index (χ0n) is 14.6. The third-order valence-electron chi connectivity index (χ3n) is 5.82. The van der Waals surface area contributed by atoms with E-state index in [1.165, 1.54) is 37.5 Å². The van der Waals surface area contributed by atoms with Crippen LogP contribution in [0.25, 0.3) is 0 Å². The predicted molar refractivity (Wildman–Crippen MR) is 92.9 cm³/mol. The topological polar surface area (TPSA) is 44.4 Å². The summed E-state index contributed by atoms with van der Waals surface area (Å²) in [5.74, 6) is 0. The average Bonchev–Trinajstić information content (AvgIpc) is 3.38. The first-order chi connectivity index (χ1) is 12.4. The smallest absolute Gasteiger partial charge is 0.335 e. The molecule has 3 aliphatic rings. The first-order valence-corrected chi connectivity index (χ1v) is 9.43. The third kappa shape index (κ3) is 3.68. The molecule has 0 aromatic heterocycles. The van der Waals surface area contributed by atoms with Crippen molar-refractivity contribution < 1.29 is 18.0 Å². The molecule has 2 aliphatic heterocycles. The molecule has 4 rings (SSSR count). The minimum absolute atomic E-state index is 0.0262. The Labute approximate surface area is 151 Å². The zero-order chi connectivity index (χ0) is 18.3. The highest BCUT2D eigenvalue weighted by atomic mass is 19.4. The molecule has 0 radical (unpaired) electrons. The molecule has 4 nitrogen and oxygen atoms in total. The first-order valence-electron chi connectivity index (χ1n) is 9.43. The number of hydrogen-bond donors (Lipinski definition) is 2. The van der Waals surface area contributed by atoms with Gasteiger partial charge in [-0.1, -0.05) is 18.6 Å². The minimum atomic E-state index is -4.49. The summed E-state index contributed by atoms with van der Waals surface area (Å²) in [6, 6.07) is 6.28. The maximum absolute atomic E-state index is 13.1. The van der Waals surface area contributed by atoms with Crippen LogP contribution < -0.4 is 10.6 Å². The minimum Gasteiger partial charge on any atom is -0.335 e. The summed E-state index contributed by atoms with van der Waals surface area (Å²) in [5, 5.41) is 5.30. The Morgan fingerprint density at radius 3 is 2.27 bits per heavy atom. The van der Waals surface area contributed by atoms with Crippen molar-refractivity contribution in [3.05, 3.63) is 29.8 Å². The lowest BCUT2D eigenvalue weighted by atomic mass is 9.81. The van der Waals surface area contributed by atoms with Crippen molar-refractivity contribution in [1.29, 1.82) is 0 Å². The monoisotopic (exact) mass is 367 g/mol. The van der Waals surface area contributed by atoms with Gasteiger partial charge in [-0.05, 0) is 50.7 Å². The zero-order valence-corrected chi connectivity index (χ0v) is 14.6. The number of amides is 2. The van der Waals surface area contributed by atoms with Crippen LogP contribution in [-0.2, 0) is 6.18 Å². The summed E-state index contributed by atoms with van der Waals surface area (Å²) in [6.07, 6.45) is 3.39. The van der Waals surface area contributed by atoms with Gasteiger partial charge < -0.3 is 10.6 Å². The number of alkyl halides is 3. The maximum atomic E-state index is 13.1. The van der Waals surface area contributed by atoms with Crippen LogP contribution in [0.15, 0.2) is 24.3 Å². The van der Waals surface area contributed by atoms with Crippen molar-refractivity contribution in [2.45, 2.75) is 75.3 Å². The summed E-state index contributed by atoms with van der Waals surface area (Å²) in [6.45, 7) is 0. The van der Waals surface area contributed by atoms with E-state index in [0.717, 1.165) is 37.8 Å². The lowest BCUT2D eigenvalue weighted by Gasteiger charge is -2.49. The average molecular weight is 367 g/mol. The van der Waals surface area contributed by atoms with Crippen molar-refractivity contribution in [1.82, 2.24) is 10.2 Å². The molecule has 26 heavy (non-hydrogen) atoms. The van der Waals surface area contributed by atoms with Crippen molar-refractivity contribution in [2.75, 3.05) is 5.32 Å². The Hall–Kier alpha value is -1.76. The first kappa shape index (κ1) is 17.6. The Bertz CT molecular complexity index is 660. The summed E-state index contributed by atoms with van der Waals surface area (Å²) < 4.78 is 39.2. The molecule has 2 bridgehead atoms. The van der Waals surface area contributed by atoms with E-state index in [1.54, 1.807) is 0 Å². The van der Waals surface area contributed by atoms with Gasteiger partial charge in [0, 0.05) is 24.2 Å². The number of nitrogens with one attached hydrogen (secondary N) is 2. The van der Waals surface area contributed by atoms with E-state index in [-0.39, 0.29) is 11.7 Å². The van der Waals surface area contributed by atoms with Gasteiger partial charge in [0.15, 0.2) is 0 Å². The predicted octanol–water partition coefficient (Wildman–Crippen LogP) is 4.37. The lowest BCUT2D eigenvalue weighted by Crippen LogP contribution is -2.58. The van der Waals surface area contributed by atoms with Gasteiger partial charge in [-0.15, -0.1) is 0 Å². The molecule has 3 fully saturated rings. The number of para-hydroxylation sites is 1. The van der Waals surface area contributed by atoms with Gasteiger partial charge in [0.25, 0.3) is 0 Å². The number of hydrogen-bond acceptors (Lipinski definition) is 2. The Kier molecular flexibility index (Phi) is 4.59. The lowest BCUT2D eigenvalue weighted by molar-refractivity contribution is -0.136. The van der Waals surface area contributed by atoms with Crippen molar-refractivity contribution in [2.24, 2.45) is 0 Å². The highest BCUT2D eigenvalue weighted by Gasteiger charge is 2.45.